The van der Waals surface area contributed by atoms with Gasteiger partial charge < -0.3 is 10.1 Å². The van der Waals surface area contributed by atoms with Crippen LogP contribution in [0.15, 0.2) is 66.7 Å². The van der Waals surface area contributed by atoms with Crippen LogP contribution in [0, 0.1) is 11.6 Å². The first-order valence-corrected chi connectivity index (χ1v) is 9.50. The predicted octanol–water partition coefficient (Wildman–Crippen LogP) is 4.93. The van der Waals surface area contributed by atoms with E-state index in [1.54, 1.807) is 18.2 Å². The molecule has 1 N–H and O–H groups in total. The number of hydrogen-bond donors (Lipinski definition) is 1. The van der Waals surface area contributed by atoms with Crippen LogP contribution in [0.2, 0.25) is 0 Å². The van der Waals surface area contributed by atoms with Crippen LogP contribution in [0.25, 0.3) is 11.1 Å². The van der Waals surface area contributed by atoms with E-state index in [0.717, 1.165) is 24.0 Å². The molecule has 3 aromatic rings. The molecular formula is C24H23F2NO2. The molecule has 0 heterocycles. The average Bonchev–Trinajstić information content (AvgIpc) is 2.72. The molecule has 0 saturated heterocycles. The maximum Gasteiger partial charge on any atom is 0.224 e. The third kappa shape index (κ3) is 5.64. The van der Waals surface area contributed by atoms with E-state index in [1.165, 1.54) is 25.3 Å². The normalized spacial score (nSPS) is 10.6. The van der Waals surface area contributed by atoms with Crippen molar-refractivity contribution in [2.45, 2.75) is 19.3 Å². The molecule has 0 aliphatic carbocycles. The maximum absolute atomic E-state index is 13.8. The van der Waals surface area contributed by atoms with E-state index in [0.29, 0.717) is 17.7 Å². The van der Waals surface area contributed by atoms with Gasteiger partial charge in [0.2, 0.25) is 5.91 Å². The van der Waals surface area contributed by atoms with Gasteiger partial charge in [-0.1, -0.05) is 48.5 Å². The van der Waals surface area contributed by atoms with E-state index in [-0.39, 0.29) is 23.9 Å². The standard InChI is InChI=1S/C24H23F2NO2/c1-29-23-13-10-18(15-22(23)26)16-24(28)27-14-4-5-17-8-11-19(12-9-17)20-6-2-3-7-21(20)25/h2-3,6-13,15H,4-5,14,16H2,1H3,(H,27,28). The monoisotopic (exact) mass is 395 g/mol. The first-order valence-electron chi connectivity index (χ1n) is 9.50. The predicted molar refractivity (Wildman–Crippen MR) is 110 cm³/mol. The molecule has 0 aromatic heterocycles. The average molecular weight is 395 g/mol. The number of rotatable bonds is 8. The summed E-state index contributed by atoms with van der Waals surface area (Å²) in [6.45, 7) is 0.534. The minimum absolute atomic E-state index is 0.123. The van der Waals surface area contributed by atoms with Gasteiger partial charge in [0.1, 0.15) is 5.82 Å². The molecule has 0 bridgehead atoms. The molecule has 0 aliphatic rings. The van der Waals surface area contributed by atoms with Gasteiger partial charge in [-0.3, -0.25) is 4.79 Å². The summed E-state index contributed by atoms with van der Waals surface area (Å²) < 4.78 is 32.4. The van der Waals surface area contributed by atoms with E-state index >= 15 is 0 Å². The summed E-state index contributed by atoms with van der Waals surface area (Å²) in [7, 11) is 1.40. The number of aryl methyl sites for hydroxylation is 1. The van der Waals surface area contributed by atoms with Gasteiger partial charge in [0.05, 0.1) is 13.5 Å². The lowest BCUT2D eigenvalue weighted by Crippen LogP contribution is -2.26. The quantitative estimate of drug-likeness (QED) is 0.549. The SMILES string of the molecule is COc1ccc(CC(=O)NCCCc2ccc(-c3ccccc3F)cc2)cc1F. The van der Waals surface area contributed by atoms with Crippen LogP contribution in [0.1, 0.15) is 17.5 Å². The van der Waals surface area contributed by atoms with Crippen LogP contribution >= 0.6 is 0 Å². The fourth-order valence-electron chi connectivity index (χ4n) is 3.13. The summed E-state index contributed by atoms with van der Waals surface area (Å²) in [5, 5.41) is 2.85. The Hall–Kier alpha value is -3.21. The zero-order valence-electron chi connectivity index (χ0n) is 16.3. The molecule has 29 heavy (non-hydrogen) atoms. The second kappa shape index (κ2) is 9.82. The highest BCUT2D eigenvalue weighted by atomic mass is 19.1. The lowest BCUT2D eigenvalue weighted by Gasteiger charge is -2.08. The Bertz CT molecular complexity index is 971. The molecule has 3 rings (SSSR count). The molecular weight excluding hydrogens is 372 g/mol. The van der Waals surface area contributed by atoms with Crippen LogP contribution in [-0.2, 0) is 17.6 Å². The first-order chi connectivity index (χ1) is 14.1. The number of methoxy groups -OCH3 is 1. The largest absolute Gasteiger partial charge is 0.494 e. The number of amides is 1. The summed E-state index contributed by atoms with van der Waals surface area (Å²) >= 11 is 0. The Balaban J connectivity index is 1.44. The summed E-state index contributed by atoms with van der Waals surface area (Å²) in [6.07, 6.45) is 1.70. The Labute approximate surface area is 169 Å². The topological polar surface area (TPSA) is 38.3 Å². The molecule has 0 radical (unpaired) electrons. The molecule has 0 atom stereocenters. The van der Waals surface area contributed by atoms with Gasteiger partial charge >= 0.3 is 0 Å². The maximum atomic E-state index is 13.8. The van der Waals surface area contributed by atoms with Crippen LogP contribution in [0.3, 0.4) is 0 Å². The highest BCUT2D eigenvalue weighted by Gasteiger charge is 2.08. The second-order valence-corrected chi connectivity index (χ2v) is 6.78. The fourth-order valence-corrected chi connectivity index (χ4v) is 3.13. The minimum Gasteiger partial charge on any atom is -0.494 e. The van der Waals surface area contributed by atoms with Crippen molar-refractivity contribution in [1.82, 2.24) is 5.32 Å². The Morgan fingerprint density at radius 2 is 1.66 bits per heavy atom. The van der Waals surface area contributed by atoms with E-state index in [1.807, 2.05) is 30.3 Å². The van der Waals surface area contributed by atoms with Gasteiger partial charge in [-0.2, -0.15) is 0 Å². The molecule has 0 fully saturated rings. The number of hydrogen-bond acceptors (Lipinski definition) is 2. The lowest BCUT2D eigenvalue weighted by molar-refractivity contribution is -0.120. The van der Waals surface area contributed by atoms with Crippen molar-refractivity contribution in [3.8, 4) is 16.9 Å². The summed E-state index contributed by atoms with van der Waals surface area (Å²) in [5.41, 5.74) is 3.15. The number of ether oxygens (including phenoxy) is 1. The number of carbonyl (C=O) groups excluding carboxylic acids is 1. The van der Waals surface area contributed by atoms with E-state index in [9.17, 15) is 13.6 Å². The lowest BCUT2D eigenvalue weighted by atomic mass is 10.0. The fraction of sp³-hybridized carbons (Fsp3) is 0.208. The Kier molecular flexibility index (Phi) is 6.95. The molecule has 0 unspecified atom stereocenters. The molecule has 1 amide bonds. The van der Waals surface area contributed by atoms with Crippen molar-refractivity contribution in [3.05, 3.63) is 89.5 Å². The van der Waals surface area contributed by atoms with Gasteiger partial charge in [-0.15, -0.1) is 0 Å². The smallest absolute Gasteiger partial charge is 0.224 e. The molecule has 3 nitrogen and oxygen atoms in total. The van der Waals surface area contributed by atoms with Crippen LogP contribution in [0.4, 0.5) is 8.78 Å². The Morgan fingerprint density at radius 1 is 0.931 bits per heavy atom. The van der Waals surface area contributed by atoms with E-state index < -0.39 is 5.82 Å². The summed E-state index contributed by atoms with van der Waals surface area (Å²) in [5.74, 6) is -0.698. The van der Waals surface area contributed by atoms with Gasteiger partial charge in [0, 0.05) is 12.1 Å². The van der Waals surface area contributed by atoms with Crippen molar-refractivity contribution in [2.75, 3.05) is 13.7 Å². The van der Waals surface area contributed by atoms with Crippen molar-refractivity contribution in [3.63, 3.8) is 0 Å². The van der Waals surface area contributed by atoms with Gasteiger partial charge in [-0.05, 0) is 47.7 Å². The third-order valence-corrected chi connectivity index (χ3v) is 4.68. The number of nitrogens with one attached hydrogen (secondary N) is 1. The highest BCUT2D eigenvalue weighted by Crippen LogP contribution is 2.23. The molecule has 0 saturated carbocycles. The van der Waals surface area contributed by atoms with Crippen LogP contribution in [0.5, 0.6) is 5.75 Å². The number of halogens is 2. The number of carbonyl (C=O) groups is 1. The van der Waals surface area contributed by atoms with Gasteiger partial charge in [0.15, 0.2) is 11.6 Å². The van der Waals surface area contributed by atoms with Crippen molar-refractivity contribution >= 4 is 5.91 Å². The summed E-state index contributed by atoms with van der Waals surface area (Å²) in [6, 6.07) is 19.0. The first kappa shape index (κ1) is 20.5. The zero-order chi connectivity index (χ0) is 20.6. The van der Waals surface area contributed by atoms with E-state index in [4.69, 9.17) is 4.74 Å². The van der Waals surface area contributed by atoms with Crippen molar-refractivity contribution in [2.24, 2.45) is 0 Å². The molecule has 5 heteroatoms. The van der Waals surface area contributed by atoms with Crippen LogP contribution in [-0.4, -0.2) is 19.6 Å². The minimum atomic E-state index is -0.475. The molecule has 0 aliphatic heterocycles. The molecule has 0 spiro atoms. The molecule has 150 valence electrons. The van der Waals surface area contributed by atoms with Gasteiger partial charge in [-0.25, -0.2) is 8.78 Å². The Morgan fingerprint density at radius 3 is 2.34 bits per heavy atom. The van der Waals surface area contributed by atoms with Gasteiger partial charge in [0.25, 0.3) is 0 Å². The summed E-state index contributed by atoms with van der Waals surface area (Å²) in [4.78, 5) is 12.0. The molecule has 3 aromatic carbocycles. The zero-order valence-corrected chi connectivity index (χ0v) is 16.3. The van der Waals surface area contributed by atoms with Crippen LogP contribution < -0.4 is 10.1 Å². The second-order valence-electron chi connectivity index (χ2n) is 6.78. The van der Waals surface area contributed by atoms with E-state index in [2.05, 4.69) is 5.32 Å². The number of benzene rings is 3. The third-order valence-electron chi connectivity index (χ3n) is 4.68. The highest BCUT2D eigenvalue weighted by molar-refractivity contribution is 5.78. The van der Waals surface area contributed by atoms with Crippen molar-refractivity contribution in [1.29, 1.82) is 0 Å². The van der Waals surface area contributed by atoms with Crippen molar-refractivity contribution < 1.29 is 18.3 Å².